The van der Waals surface area contributed by atoms with Gasteiger partial charge in [0.25, 0.3) is 0 Å². The molecule has 1 aromatic heterocycles. The van der Waals surface area contributed by atoms with E-state index in [-0.39, 0.29) is 11.4 Å². The molecule has 0 bridgehead atoms. The van der Waals surface area contributed by atoms with Crippen molar-refractivity contribution in [1.82, 2.24) is 0 Å². The standard InChI is InChI=1S/C18H19NO2S/c1-18(2)13-7-5-6-8-14(13)19(3)16(18)11-12-9-10-15(22-12)17(20)21-4/h5-11H,1-4H3. The summed E-state index contributed by atoms with van der Waals surface area (Å²) >= 11 is 1.46. The van der Waals surface area contributed by atoms with Gasteiger partial charge in [-0.1, -0.05) is 32.0 Å². The Morgan fingerprint density at radius 1 is 1.23 bits per heavy atom. The molecule has 0 saturated heterocycles. The van der Waals surface area contributed by atoms with E-state index in [1.807, 2.05) is 12.1 Å². The van der Waals surface area contributed by atoms with Gasteiger partial charge in [-0.05, 0) is 29.8 Å². The molecule has 0 aliphatic carbocycles. The molecule has 1 aliphatic rings. The average molecular weight is 313 g/mol. The molecule has 2 heterocycles. The van der Waals surface area contributed by atoms with Crippen LogP contribution in [0.4, 0.5) is 5.69 Å². The van der Waals surface area contributed by atoms with E-state index in [0.717, 1.165) is 4.88 Å². The van der Waals surface area contributed by atoms with Gasteiger partial charge in [0, 0.05) is 28.7 Å². The van der Waals surface area contributed by atoms with Gasteiger partial charge in [0.05, 0.1) is 7.11 Å². The zero-order valence-electron chi connectivity index (χ0n) is 13.2. The predicted molar refractivity (Wildman–Crippen MR) is 91.5 cm³/mol. The molecule has 22 heavy (non-hydrogen) atoms. The van der Waals surface area contributed by atoms with Gasteiger partial charge in [-0.25, -0.2) is 4.79 Å². The van der Waals surface area contributed by atoms with Crippen LogP contribution in [0, 0.1) is 0 Å². The number of likely N-dealkylation sites (N-methyl/N-ethyl adjacent to an activating group) is 1. The number of anilines is 1. The third kappa shape index (κ3) is 2.24. The van der Waals surface area contributed by atoms with E-state index in [1.165, 1.54) is 35.4 Å². The van der Waals surface area contributed by atoms with Gasteiger partial charge in [-0.3, -0.25) is 0 Å². The first-order valence-electron chi connectivity index (χ1n) is 7.18. The summed E-state index contributed by atoms with van der Waals surface area (Å²) in [7, 11) is 3.50. The molecule has 3 nitrogen and oxygen atoms in total. The third-order valence-electron chi connectivity index (χ3n) is 4.23. The smallest absolute Gasteiger partial charge is 0.348 e. The minimum absolute atomic E-state index is 0.0548. The molecule has 0 N–H and O–H groups in total. The van der Waals surface area contributed by atoms with E-state index in [0.29, 0.717) is 4.88 Å². The van der Waals surface area contributed by atoms with E-state index in [1.54, 1.807) is 0 Å². The van der Waals surface area contributed by atoms with E-state index in [9.17, 15) is 4.79 Å². The van der Waals surface area contributed by atoms with Crippen LogP contribution in [-0.2, 0) is 10.2 Å². The van der Waals surface area contributed by atoms with Crippen molar-refractivity contribution in [3.05, 3.63) is 57.4 Å². The van der Waals surface area contributed by atoms with Crippen LogP contribution in [0.2, 0.25) is 0 Å². The maximum Gasteiger partial charge on any atom is 0.348 e. The number of esters is 1. The molecular weight excluding hydrogens is 294 g/mol. The van der Waals surface area contributed by atoms with Crippen LogP contribution in [0.15, 0.2) is 42.1 Å². The molecule has 0 spiro atoms. The number of methoxy groups -OCH3 is 1. The van der Waals surface area contributed by atoms with Crippen LogP contribution in [0.5, 0.6) is 0 Å². The lowest BCUT2D eigenvalue weighted by Gasteiger charge is -2.24. The van der Waals surface area contributed by atoms with Gasteiger partial charge in [0.15, 0.2) is 0 Å². The zero-order chi connectivity index (χ0) is 15.9. The fourth-order valence-corrected chi connectivity index (χ4v) is 3.90. The highest BCUT2D eigenvalue weighted by Crippen LogP contribution is 2.47. The minimum atomic E-state index is -0.281. The van der Waals surface area contributed by atoms with Gasteiger partial charge in [-0.15, -0.1) is 11.3 Å². The molecule has 0 radical (unpaired) electrons. The van der Waals surface area contributed by atoms with Crippen molar-refractivity contribution in [3.63, 3.8) is 0 Å². The number of hydrogen-bond acceptors (Lipinski definition) is 4. The summed E-state index contributed by atoms with van der Waals surface area (Å²) in [5, 5.41) is 0. The summed E-state index contributed by atoms with van der Waals surface area (Å²) in [6, 6.07) is 12.3. The highest BCUT2D eigenvalue weighted by atomic mass is 32.1. The SMILES string of the molecule is COC(=O)c1ccc(C=C2N(C)c3ccccc3C2(C)C)s1. The van der Waals surface area contributed by atoms with Crippen LogP contribution < -0.4 is 4.90 Å². The molecule has 114 valence electrons. The van der Waals surface area contributed by atoms with Crippen molar-refractivity contribution in [2.24, 2.45) is 0 Å². The molecule has 4 heteroatoms. The molecule has 0 saturated carbocycles. The fourth-order valence-electron chi connectivity index (χ4n) is 3.03. The Kier molecular flexibility index (Phi) is 3.57. The summed E-state index contributed by atoms with van der Waals surface area (Å²) in [5.74, 6) is -0.281. The van der Waals surface area contributed by atoms with Gasteiger partial charge >= 0.3 is 5.97 Å². The monoisotopic (exact) mass is 313 g/mol. The van der Waals surface area contributed by atoms with Crippen molar-refractivity contribution in [1.29, 1.82) is 0 Å². The highest BCUT2D eigenvalue weighted by Gasteiger charge is 2.38. The molecule has 0 unspecified atom stereocenters. The maximum absolute atomic E-state index is 11.6. The summed E-state index contributed by atoms with van der Waals surface area (Å²) in [5.41, 5.74) is 3.74. The molecule has 0 amide bonds. The number of carbonyl (C=O) groups is 1. The van der Waals surface area contributed by atoms with Crippen LogP contribution in [0.25, 0.3) is 6.08 Å². The average Bonchev–Trinajstić information content (AvgIpc) is 3.05. The largest absolute Gasteiger partial charge is 0.465 e. The Morgan fingerprint density at radius 2 is 1.95 bits per heavy atom. The van der Waals surface area contributed by atoms with Crippen molar-refractivity contribution < 1.29 is 9.53 Å². The Morgan fingerprint density at radius 3 is 2.64 bits per heavy atom. The molecule has 3 rings (SSSR count). The highest BCUT2D eigenvalue weighted by molar-refractivity contribution is 7.14. The van der Waals surface area contributed by atoms with Gasteiger partial charge in [0.2, 0.25) is 0 Å². The number of benzene rings is 1. The minimum Gasteiger partial charge on any atom is -0.465 e. The van der Waals surface area contributed by atoms with Crippen molar-refractivity contribution in [3.8, 4) is 0 Å². The number of hydrogen-bond donors (Lipinski definition) is 0. The number of carbonyl (C=O) groups excluding carboxylic acids is 1. The Balaban J connectivity index is 2.02. The molecule has 0 atom stereocenters. The number of rotatable bonds is 2. The van der Waals surface area contributed by atoms with Crippen LogP contribution in [0.1, 0.15) is 34.0 Å². The Bertz CT molecular complexity index is 758. The number of fused-ring (bicyclic) bond motifs is 1. The Hall–Kier alpha value is -2.07. The normalized spacial score (nSPS) is 17.6. The maximum atomic E-state index is 11.6. The summed E-state index contributed by atoms with van der Waals surface area (Å²) in [4.78, 5) is 15.5. The molecular formula is C18H19NO2S. The van der Waals surface area contributed by atoms with E-state index >= 15 is 0 Å². The molecule has 2 aromatic rings. The third-order valence-corrected chi connectivity index (χ3v) is 5.25. The predicted octanol–water partition coefficient (Wildman–Crippen LogP) is 4.30. The van der Waals surface area contributed by atoms with E-state index in [4.69, 9.17) is 4.74 Å². The number of allylic oxidation sites excluding steroid dienone is 1. The van der Waals surface area contributed by atoms with Crippen LogP contribution in [-0.4, -0.2) is 20.1 Å². The molecule has 1 aliphatic heterocycles. The summed E-state index contributed by atoms with van der Waals surface area (Å²) in [6.07, 6.45) is 2.16. The van der Waals surface area contributed by atoms with E-state index in [2.05, 4.69) is 56.1 Å². The second-order valence-electron chi connectivity index (χ2n) is 5.92. The van der Waals surface area contributed by atoms with Gasteiger partial charge < -0.3 is 9.64 Å². The number of nitrogens with zero attached hydrogens (tertiary/aromatic N) is 1. The number of para-hydroxylation sites is 1. The van der Waals surface area contributed by atoms with Gasteiger partial charge in [0.1, 0.15) is 4.88 Å². The number of thiophene rings is 1. The second kappa shape index (κ2) is 5.29. The zero-order valence-corrected chi connectivity index (χ0v) is 14.0. The van der Waals surface area contributed by atoms with Crippen molar-refractivity contribution in [2.45, 2.75) is 19.3 Å². The van der Waals surface area contributed by atoms with Crippen molar-refractivity contribution in [2.75, 3.05) is 19.1 Å². The quantitative estimate of drug-likeness (QED) is 0.774. The Labute approximate surface area is 134 Å². The first-order chi connectivity index (χ1) is 10.4. The molecule has 1 aromatic carbocycles. The van der Waals surface area contributed by atoms with Crippen LogP contribution in [0.3, 0.4) is 0 Å². The van der Waals surface area contributed by atoms with Gasteiger partial charge in [-0.2, -0.15) is 0 Å². The summed E-state index contributed by atoms with van der Waals surface area (Å²) in [6.45, 7) is 4.46. The van der Waals surface area contributed by atoms with Crippen molar-refractivity contribution >= 4 is 29.1 Å². The first-order valence-corrected chi connectivity index (χ1v) is 8.00. The lowest BCUT2D eigenvalue weighted by molar-refractivity contribution is 0.0606. The van der Waals surface area contributed by atoms with E-state index < -0.39 is 0 Å². The first kappa shape index (κ1) is 14.9. The molecule has 0 fully saturated rings. The fraction of sp³-hybridized carbons (Fsp3) is 0.278. The second-order valence-corrected chi connectivity index (χ2v) is 7.04. The topological polar surface area (TPSA) is 29.5 Å². The summed E-state index contributed by atoms with van der Waals surface area (Å²) < 4.78 is 4.77. The van der Waals surface area contributed by atoms with Crippen LogP contribution >= 0.6 is 11.3 Å². The lowest BCUT2D eigenvalue weighted by Crippen LogP contribution is -2.22. The lowest BCUT2D eigenvalue weighted by atomic mass is 9.84. The number of ether oxygens (including phenoxy) is 1.